The molecule has 1 heterocycles. The molecule has 0 fully saturated rings. The first-order valence-corrected chi connectivity index (χ1v) is 6.27. The van der Waals surface area contributed by atoms with E-state index in [0.717, 1.165) is 11.5 Å². The SMILES string of the molecule is Cc1cc(C)c(C)c(-c2cnc(CCO)[nH]2)c1C. The van der Waals surface area contributed by atoms with Gasteiger partial charge in [0.1, 0.15) is 5.82 Å². The predicted molar refractivity (Wildman–Crippen MR) is 73.8 cm³/mol. The molecule has 0 aliphatic carbocycles. The van der Waals surface area contributed by atoms with Crippen LogP contribution in [0.3, 0.4) is 0 Å². The molecule has 0 atom stereocenters. The van der Waals surface area contributed by atoms with Crippen LogP contribution in [0, 0.1) is 27.7 Å². The van der Waals surface area contributed by atoms with Crippen LogP contribution in [0.15, 0.2) is 12.3 Å². The van der Waals surface area contributed by atoms with Crippen LogP contribution in [-0.2, 0) is 6.42 Å². The van der Waals surface area contributed by atoms with Gasteiger partial charge >= 0.3 is 0 Å². The summed E-state index contributed by atoms with van der Waals surface area (Å²) in [5.41, 5.74) is 7.46. The van der Waals surface area contributed by atoms with E-state index in [2.05, 4.69) is 43.7 Å². The highest BCUT2D eigenvalue weighted by molar-refractivity contribution is 5.70. The van der Waals surface area contributed by atoms with E-state index in [1.54, 1.807) is 0 Å². The molecule has 0 aliphatic rings. The average molecular weight is 244 g/mol. The lowest BCUT2D eigenvalue weighted by Gasteiger charge is -2.13. The van der Waals surface area contributed by atoms with Gasteiger partial charge in [0, 0.05) is 12.0 Å². The molecule has 96 valence electrons. The van der Waals surface area contributed by atoms with E-state index in [4.69, 9.17) is 5.11 Å². The molecule has 0 saturated heterocycles. The molecule has 0 saturated carbocycles. The number of hydrogen-bond donors (Lipinski definition) is 2. The molecule has 1 aromatic carbocycles. The maximum atomic E-state index is 8.94. The lowest BCUT2D eigenvalue weighted by Crippen LogP contribution is -1.96. The van der Waals surface area contributed by atoms with Gasteiger partial charge in [-0.2, -0.15) is 0 Å². The van der Waals surface area contributed by atoms with Gasteiger partial charge in [0.25, 0.3) is 0 Å². The van der Waals surface area contributed by atoms with Crippen molar-refractivity contribution >= 4 is 0 Å². The zero-order chi connectivity index (χ0) is 13.3. The normalized spacial score (nSPS) is 10.9. The van der Waals surface area contributed by atoms with E-state index in [9.17, 15) is 0 Å². The molecule has 3 heteroatoms. The van der Waals surface area contributed by atoms with Crippen molar-refractivity contribution in [1.29, 1.82) is 0 Å². The minimum Gasteiger partial charge on any atom is -0.396 e. The summed E-state index contributed by atoms with van der Waals surface area (Å²) in [6, 6.07) is 2.22. The number of aliphatic hydroxyl groups is 1. The van der Waals surface area contributed by atoms with Crippen LogP contribution in [0.25, 0.3) is 11.3 Å². The van der Waals surface area contributed by atoms with E-state index < -0.39 is 0 Å². The van der Waals surface area contributed by atoms with Crippen molar-refractivity contribution in [2.24, 2.45) is 0 Å². The van der Waals surface area contributed by atoms with E-state index in [-0.39, 0.29) is 6.61 Å². The highest BCUT2D eigenvalue weighted by atomic mass is 16.3. The highest BCUT2D eigenvalue weighted by Gasteiger charge is 2.12. The summed E-state index contributed by atoms with van der Waals surface area (Å²) in [5.74, 6) is 0.838. The van der Waals surface area contributed by atoms with E-state index >= 15 is 0 Å². The standard InChI is InChI=1S/C15H20N2O/c1-9-7-10(2)12(4)15(11(9)3)13-8-16-14(17-13)5-6-18/h7-8,18H,5-6H2,1-4H3,(H,16,17). The first-order valence-electron chi connectivity index (χ1n) is 6.27. The third-order valence-corrected chi connectivity index (χ3v) is 3.61. The van der Waals surface area contributed by atoms with Gasteiger partial charge in [-0.25, -0.2) is 4.98 Å². The Morgan fingerprint density at radius 3 is 2.28 bits per heavy atom. The maximum Gasteiger partial charge on any atom is 0.108 e. The van der Waals surface area contributed by atoms with Crippen molar-refractivity contribution in [3.05, 3.63) is 40.3 Å². The average Bonchev–Trinajstić information content (AvgIpc) is 2.76. The van der Waals surface area contributed by atoms with Crippen molar-refractivity contribution in [2.75, 3.05) is 6.61 Å². The summed E-state index contributed by atoms with van der Waals surface area (Å²) in [4.78, 5) is 7.60. The number of nitrogens with zero attached hydrogens (tertiary/aromatic N) is 1. The fourth-order valence-corrected chi connectivity index (χ4v) is 2.34. The van der Waals surface area contributed by atoms with Crippen LogP contribution in [0.4, 0.5) is 0 Å². The molecule has 1 aromatic heterocycles. The maximum absolute atomic E-state index is 8.94. The smallest absolute Gasteiger partial charge is 0.108 e. The van der Waals surface area contributed by atoms with E-state index in [1.807, 2.05) is 6.20 Å². The molecular weight excluding hydrogens is 224 g/mol. The summed E-state index contributed by atoms with van der Waals surface area (Å²) < 4.78 is 0. The van der Waals surface area contributed by atoms with Crippen molar-refractivity contribution < 1.29 is 5.11 Å². The Bertz CT molecular complexity index is 544. The Balaban J connectivity index is 2.55. The van der Waals surface area contributed by atoms with Crippen LogP contribution < -0.4 is 0 Å². The predicted octanol–water partition coefficient (Wildman–Crippen LogP) is 2.85. The van der Waals surface area contributed by atoms with Crippen molar-refractivity contribution in [3.63, 3.8) is 0 Å². The molecule has 0 unspecified atom stereocenters. The lowest BCUT2D eigenvalue weighted by molar-refractivity contribution is 0.297. The van der Waals surface area contributed by atoms with Gasteiger partial charge in [-0.1, -0.05) is 6.07 Å². The fraction of sp³-hybridized carbons (Fsp3) is 0.400. The summed E-state index contributed by atoms with van der Waals surface area (Å²) >= 11 is 0. The second-order valence-corrected chi connectivity index (χ2v) is 4.85. The third-order valence-electron chi connectivity index (χ3n) is 3.61. The second-order valence-electron chi connectivity index (χ2n) is 4.85. The molecule has 2 N–H and O–H groups in total. The van der Waals surface area contributed by atoms with Gasteiger partial charge in [-0.15, -0.1) is 0 Å². The van der Waals surface area contributed by atoms with Crippen molar-refractivity contribution in [3.8, 4) is 11.3 Å². The largest absolute Gasteiger partial charge is 0.396 e. The number of H-pyrrole nitrogens is 1. The Labute approximate surface area is 108 Å². The zero-order valence-electron chi connectivity index (χ0n) is 11.5. The number of nitrogens with one attached hydrogen (secondary N) is 1. The van der Waals surface area contributed by atoms with Gasteiger partial charge in [-0.3, -0.25) is 0 Å². The Hall–Kier alpha value is -1.61. The molecular formula is C15H20N2O. The number of aliphatic hydroxyl groups excluding tert-OH is 1. The molecule has 18 heavy (non-hydrogen) atoms. The summed E-state index contributed by atoms with van der Waals surface area (Å²) in [7, 11) is 0. The van der Waals surface area contributed by atoms with Crippen LogP contribution in [0.2, 0.25) is 0 Å². The van der Waals surface area contributed by atoms with Gasteiger partial charge in [-0.05, 0) is 49.9 Å². The Morgan fingerprint density at radius 1 is 1.11 bits per heavy atom. The molecule has 0 radical (unpaired) electrons. The lowest BCUT2D eigenvalue weighted by atomic mass is 9.93. The molecule has 2 aromatic rings. The number of aryl methyl sites for hydroxylation is 2. The Morgan fingerprint density at radius 2 is 1.72 bits per heavy atom. The Kier molecular flexibility index (Phi) is 3.53. The quantitative estimate of drug-likeness (QED) is 0.872. The first kappa shape index (κ1) is 12.8. The van der Waals surface area contributed by atoms with Crippen molar-refractivity contribution in [1.82, 2.24) is 9.97 Å². The molecule has 0 spiro atoms. The third kappa shape index (κ3) is 2.18. The highest BCUT2D eigenvalue weighted by Crippen LogP contribution is 2.30. The van der Waals surface area contributed by atoms with E-state index in [0.29, 0.717) is 6.42 Å². The van der Waals surface area contributed by atoms with Crippen molar-refractivity contribution in [2.45, 2.75) is 34.1 Å². The van der Waals surface area contributed by atoms with Crippen LogP contribution in [0.5, 0.6) is 0 Å². The number of rotatable bonds is 3. The van der Waals surface area contributed by atoms with Crippen LogP contribution in [0.1, 0.15) is 28.1 Å². The number of benzene rings is 1. The minimum atomic E-state index is 0.123. The van der Waals surface area contributed by atoms with E-state index in [1.165, 1.54) is 27.8 Å². The van der Waals surface area contributed by atoms with Gasteiger partial charge < -0.3 is 10.1 Å². The molecule has 2 rings (SSSR count). The summed E-state index contributed by atoms with van der Waals surface area (Å²) in [5, 5.41) is 8.94. The molecule has 3 nitrogen and oxygen atoms in total. The van der Waals surface area contributed by atoms with Gasteiger partial charge in [0.15, 0.2) is 0 Å². The van der Waals surface area contributed by atoms with Crippen LogP contribution in [-0.4, -0.2) is 21.7 Å². The molecule has 0 bridgehead atoms. The monoisotopic (exact) mass is 244 g/mol. The number of aromatic amines is 1. The van der Waals surface area contributed by atoms with Gasteiger partial charge in [0.2, 0.25) is 0 Å². The summed E-state index contributed by atoms with van der Waals surface area (Å²) in [6.45, 7) is 8.68. The fourth-order valence-electron chi connectivity index (χ4n) is 2.34. The van der Waals surface area contributed by atoms with Gasteiger partial charge in [0.05, 0.1) is 18.5 Å². The molecule has 0 aliphatic heterocycles. The molecule has 0 amide bonds. The topological polar surface area (TPSA) is 48.9 Å². The number of aromatic nitrogens is 2. The number of imidazole rings is 1. The minimum absolute atomic E-state index is 0.123. The zero-order valence-corrected chi connectivity index (χ0v) is 11.5. The van der Waals surface area contributed by atoms with Crippen LogP contribution >= 0.6 is 0 Å². The second kappa shape index (κ2) is 4.94. The first-order chi connectivity index (χ1) is 8.54. The number of hydrogen-bond acceptors (Lipinski definition) is 2. The summed E-state index contributed by atoms with van der Waals surface area (Å²) in [6.07, 6.45) is 2.43.